The molecule has 0 fully saturated rings. The van der Waals surface area contributed by atoms with Crippen LogP contribution in [0.4, 0.5) is 0 Å². The van der Waals surface area contributed by atoms with Gasteiger partial charge >= 0.3 is 5.63 Å². The molecule has 0 bridgehead atoms. The van der Waals surface area contributed by atoms with Crippen LogP contribution in [0.25, 0.3) is 11.0 Å². The van der Waals surface area contributed by atoms with E-state index in [-0.39, 0.29) is 17.0 Å². The van der Waals surface area contributed by atoms with Crippen molar-refractivity contribution in [1.82, 2.24) is 0 Å². The molecule has 0 amide bonds. The molecule has 1 aliphatic heterocycles. The Morgan fingerprint density at radius 3 is 2.61 bits per heavy atom. The fourth-order valence-corrected chi connectivity index (χ4v) is 4.03. The van der Waals surface area contributed by atoms with Gasteiger partial charge in [-0.05, 0) is 55.2 Å². The summed E-state index contributed by atoms with van der Waals surface area (Å²) in [5, 5.41) is 10.5. The average molecular weight is 416 g/mol. The van der Waals surface area contributed by atoms with Gasteiger partial charge < -0.3 is 19.6 Å². The van der Waals surface area contributed by atoms with Gasteiger partial charge in [0, 0.05) is 0 Å². The molecule has 0 spiro atoms. The SMILES string of the molecule is CCCCOc1ccc([C@H]2C(C#N)=C(N)Oc3c2c(=O)oc2cc(C)cc(C)c32)cc1. The number of rotatable bonds is 5. The van der Waals surface area contributed by atoms with Crippen molar-refractivity contribution in [3.8, 4) is 17.6 Å². The summed E-state index contributed by atoms with van der Waals surface area (Å²) < 4.78 is 17.2. The maximum atomic E-state index is 13.0. The minimum atomic E-state index is -0.681. The first-order valence-electron chi connectivity index (χ1n) is 10.3. The van der Waals surface area contributed by atoms with E-state index in [1.807, 2.05) is 44.2 Å². The van der Waals surface area contributed by atoms with Crippen molar-refractivity contribution in [2.24, 2.45) is 5.73 Å². The van der Waals surface area contributed by atoms with Crippen LogP contribution in [-0.4, -0.2) is 6.61 Å². The molecule has 2 aromatic carbocycles. The van der Waals surface area contributed by atoms with Crippen molar-refractivity contribution in [3.05, 3.63) is 80.5 Å². The summed E-state index contributed by atoms with van der Waals surface area (Å²) in [6, 6.07) is 13.3. The highest BCUT2D eigenvalue weighted by Crippen LogP contribution is 2.44. The first-order valence-corrected chi connectivity index (χ1v) is 10.3. The molecule has 3 aromatic rings. The fraction of sp³-hybridized carbons (Fsp3) is 0.280. The molecule has 6 heteroatoms. The molecule has 0 saturated carbocycles. The molecule has 4 rings (SSSR count). The van der Waals surface area contributed by atoms with E-state index in [9.17, 15) is 10.1 Å². The number of allylic oxidation sites excluding steroid dienone is 1. The summed E-state index contributed by atoms with van der Waals surface area (Å²) >= 11 is 0. The van der Waals surface area contributed by atoms with Crippen LogP contribution in [0.2, 0.25) is 0 Å². The standard InChI is InChI=1S/C25H24N2O4/c1-4-5-10-29-17-8-6-16(7-9-17)21-18(13-26)24(27)31-23-20-15(3)11-14(2)12-19(20)30-25(28)22(21)23/h6-9,11-12,21H,4-5,10,27H2,1-3H3/t21-/m0/s1. The van der Waals surface area contributed by atoms with E-state index in [4.69, 9.17) is 19.6 Å². The van der Waals surface area contributed by atoms with E-state index in [1.165, 1.54) is 0 Å². The number of unbranched alkanes of at least 4 members (excludes halogenated alkanes) is 1. The van der Waals surface area contributed by atoms with Crippen LogP contribution in [0.1, 0.15) is 47.9 Å². The third-order valence-electron chi connectivity index (χ3n) is 5.49. The van der Waals surface area contributed by atoms with Gasteiger partial charge in [-0.3, -0.25) is 0 Å². The molecule has 1 aliphatic rings. The predicted molar refractivity (Wildman–Crippen MR) is 118 cm³/mol. The van der Waals surface area contributed by atoms with E-state index in [0.717, 1.165) is 35.3 Å². The second-order valence-corrected chi connectivity index (χ2v) is 7.78. The molecule has 6 nitrogen and oxygen atoms in total. The Morgan fingerprint density at radius 2 is 1.94 bits per heavy atom. The van der Waals surface area contributed by atoms with E-state index < -0.39 is 11.5 Å². The van der Waals surface area contributed by atoms with Crippen LogP contribution in [0, 0.1) is 25.2 Å². The van der Waals surface area contributed by atoms with E-state index in [1.54, 1.807) is 6.07 Å². The zero-order valence-electron chi connectivity index (χ0n) is 17.8. The molecular formula is C25H24N2O4. The van der Waals surface area contributed by atoms with Crippen molar-refractivity contribution in [1.29, 1.82) is 5.26 Å². The maximum absolute atomic E-state index is 13.0. The normalized spacial score (nSPS) is 15.4. The van der Waals surface area contributed by atoms with Crippen LogP contribution in [-0.2, 0) is 0 Å². The molecule has 0 aliphatic carbocycles. The molecule has 0 unspecified atom stereocenters. The minimum absolute atomic E-state index is 0.00449. The topological polar surface area (TPSA) is 98.5 Å². The highest BCUT2D eigenvalue weighted by molar-refractivity contribution is 5.89. The molecule has 158 valence electrons. The second kappa shape index (κ2) is 8.19. The first kappa shape index (κ1) is 20.5. The lowest BCUT2D eigenvalue weighted by molar-refractivity contribution is 0.309. The van der Waals surface area contributed by atoms with Gasteiger partial charge in [0.25, 0.3) is 0 Å². The molecular weight excluding hydrogens is 392 g/mol. The van der Waals surface area contributed by atoms with Crippen LogP contribution in [0.3, 0.4) is 0 Å². The van der Waals surface area contributed by atoms with Crippen molar-refractivity contribution < 1.29 is 13.9 Å². The van der Waals surface area contributed by atoms with Crippen LogP contribution >= 0.6 is 0 Å². The summed E-state index contributed by atoms with van der Waals surface area (Å²) in [4.78, 5) is 13.0. The number of benzene rings is 2. The Balaban J connectivity index is 1.89. The fourth-order valence-electron chi connectivity index (χ4n) is 4.03. The van der Waals surface area contributed by atoms with Crippen LogP contribution < -0.4 is 20.8 Å². The smallest absolute Gasteiger partial charge is 0.344 e. The van der Waals surface area contributed by atoms with Crippen molar-refractivity contribution in [2.45, 2.75) is 39.5 Å². The Morgan fingerprint density at radius 1 is 1.19 bits per heavy atom. The van der Waals surface area contributed by atoms with Crippen molar-refractivity contribution >= 4 is 11.0 Å². The summed E-state index contributed by atoms with van der Waals surface area (Å²) in [5.41, 5.74) is 9.12. The quantitative estimate of drug-likeness (QED) is 0.473. The first-order chi connectivity index (χ1) is 14.9. The largest absolute Gasteiger partial charge is 0.494 e. The van der Waals surface area contributed by atoms with Crippen molar-refractivity contribution in [2.75, 3.05) is 6.61 Å². The van der Waals surface area contributed by atoms with Gasteiger partial charge in [-0.2, -0.15) is 5.26 Å². The summed E-state index contributed by atoms with van der Waals surface area (Å²) in [5.74, 6) is 0.403. The van der Waals surface area contributed by atoms with Gasteiger partial charge in [0.1, 0.15) is 23.0 Å². The molecule has 1 aromatic heterocycles. The molecule has 1 atom stereocenters. The minimum Gasteiger partial charge on any atom is -0.494 e. The second-order valence-electron chi connectivity index (χ2n) is 7.78. The highest BCUT2D eigenvalue weighted by atomic mass is 16.5. The summed E-state index contributed by atoms with van der Waals surface area (Å²) in [6.07, 6.45) is 2.02. The number of nitrogens with two attached hydrogens (primary N) is 1. The lowest BCUT2D eigenvalue weighted by atomic mass is 9.83. The Hall–Kier alpha value is -3.72. The van der Waals surface area contributed by atoms with Gasteiger partial charge in [0.15, 0.2) is 5.75 Å². The van der Waals surface area contributed by atoms with Crippen LogP contribution in [0.5, 0.6) is 11.5 Å². The number of fused-ring (bicyclic) bond motifs is 3. The maximum Gasteiger partial charge on any atom is 0.344 e. The number of ether oxygens (including phenoxy) is 2. The van der Waals surface area contributed by atoms with E-state index in [0.29, 0.717) is 23.3 Å². The molecule has 2 heterocycles. The molecule has 31 heavy (non-hydrogen) atoms. The third-order valence-corrected chi connectivity index (χ3v) is 5.49. The van der Waals surface area contributed by atoms with Crippen LogP contribution in [0.15, 0.2) is 57.1 Å². The highest BCUT2D eigenvalue weighted by Gasteiger charge is 2.35. The summed E-state index contributed by atoms with van der Waals surface area (Å²) in [7, 11) is 0. The average Bonchev–Trinajstić information content (AvgIpc) is 2.73. The number of hydrogen-bond donors (Lipinski definition) is 1. The lowest BCUT2D eigenvalue weighted by Gasteiger charge is -2.26. The monoisotopic (exact) mass is 416 g/mol. The van der Waals surface area contributed by atoms with E-state index >= 15 is 0 Å². The predicted octanol–water partition coefficient (Wildman–Crippen LogP) is 4.81. The molecule has 2 N–H and O–H groups in total. The zero-order valence-corrected chi connectivity index (χ0v) is 17.8. The number of nitrogens with zero attached hydrogens (tertiary/aromatic N) is 1. The molecule has 0 saturated heterocycles. The Labute approximate surface area is 180 Å². The number of hydrogen-bond acceptors (Lipinski definition) is 6. The van der Waals surface area contributed by atoms with Gasteiger partial charge in [-0.25, -0.2) is 4.79 Å². The van der Waals surface area contributed by atoms with E-state index in [2.05, 4.69) is 13.0 Å². The lowest BCUT2D eigenvalue weighted by Crippen LogP contribution is -2.26. The van der Waals surface area contributed by atoms with Gasteiger partial charge in [-0.15, -0.1) is 0 Å². The third kappa shape index (κ3) is 3.64. The number of nitriles is 1. The zero-order chi connectivity index (χ0) is 22.1. The van der Waals surface area contributed by atoms with Crippen molar-refractivity contribution in [3.63, 3.8) is 0 Å². The number of aryl methyl sites for hydroxylation is 2. The Bertz CT molecular complexity index is 1280. The van der Waals surface area contributed by atoms with Gasteiger partial charge in [-0.1, -0.05) is 31.5 Å². The van der Waals surface area contributed by atoms with Gasteiger partial charge in [0.2, 0.25) is 5.88 Å². The Kier molecular flexibility index (Phi) is 5.43. The molecule has 0 radical (unpaired) electrons. The summed E-state index contributed by atoms with van der Waals surface area (Å²) in [6.45, 7) is 6.60. The van der Waals surface area contributed by atoms with Gasteiger partial charge in [0.05, 0.1) is 23.5 Å².